The predicted molar refractivity (Wildman–Crippen MR) is 66.5 cm³/mol. The van der Waals surface area contributed by atoms with E-state index in [0.717, 1.165) is 19.3 Å². The van der Waals surface area contributed by atoms with Crippen LogP contribution in [0.15, 0.2) is 0 Å². The van der Waals surface area contributed by atoms with E-state index in [0.29, 0.717) is 18.9 Å². The smallest absolute Gasteiger partial charge is 0.220 e. The Balaban J connectivity index is 2.36. The van der Waals surface area contributed by atoms with Gasteiger partial charge in [-0.25, -0.2) is 0 Å². The number of aliphatic hydroxyl groups is 2. The number of hydrogen-bond acceptors (Lipinski definition) is 3. The Morgan fingerprint density at radius 1 is 1.41 bits per heavy atom. The Labute approximate surface area is 103 Å². The van der Waals surface area contributed by atoms with Crippen LogP contribution in [0.2, 0.25) is 0 Å². The summed E-state index contributed by atoms with van der Waals surface area (Å²) in [6.45, 7) is 2.45. The van der Waals surface area contributed by atoms with E-state index in [9.17, 15) is 9.90 Å². The van der Waals surface area contributed by atoms with Gasteiger partial charge in [-0.05, 0) is 31.1 Å². The van der Waals surface area contributed by atoms with Crippen LogP contribution in [0.1, 0.15) is 45.4 Å². The third kappa shape index (κ3) is 5.04. The Morgan fingerprint density at radius 2 is 2.18 bits per heavy atom. The van der Waals surface area contributed by atoms with E-state index in [1.54, 1.807) is 0 Å². The van der Waals surface area contributed by atoms with E-state index in [2.05, 4.69) is 12.2 Å². The summed E-state index contributed by atoms with van der Waals surface area (Å²) in [4.78, 5) is 11.5. The number of amides is 1. The monoisotopic (exact) mass is 243 g/mol. The number of hydrogen-bond donors (Lipinski definition) is 3. The second-order valence-electron chi connectivity index (χ2n) is 5.07. The summed E-state index contributed by atoms with van der Waals surface area (Å²) in [7, 11) is 0. The van der Waals surface area contributed by atoms with Gasteiger partial charge in [0, 0.05) is 13.0 Å². The van der Waals surface area contributed by atoms with Gasteiger partial charge in [-0.2, -0.15) is 0 Å². The van der Waals surface area contributed by atoms with E-state index in [4.69, 9.17) is 5.11 Å². The Morgan fingerprint density at radius 3 is 2.82 bits per heavy atom. The van der Waals surface area contributed by atoms with Gasteiger partial charge in [-0.15, -0.1) is 0 Å². The molecule has 1 fully saturated rings. The van der Waals surface area contributed by atoms with Crippen LogP contribution >= 0.6 is 0 Å². The average Bonchev–Trinajstić information content (AvgIpc) is 2.31. The molecule has 1 amide bonds. The van der Waals surface area contributed by atoms with Crippen LogP contribution in [-0.2, 0) is 4.79 Å². The molecule has 1 saturated carbocycles. The predicted octanol–water partition coefficient (Wildman–Crippen LogP) is 1.06. The minimum Gasteiger partial charge on any atom is -0.395 e. The standard InChI is InChI=1S/C13H25NO3/c1-2-3-10-4-5-12(16)11(8-10)9-13(17)14-6-7-15/h10-12,15-16H,2-9H2,1H3,(H,14,17). The minimum atomic E-state index is -0.331. The van der Waals surface area contributed by atoms with Gasteiger partial charge in [-0.1, -0.05) is 19.8 Å². The fraction of sp³-hybridized carbons (Fsp3) is 0.923. The highest BCUT2D eigenvalue weighted by Gasteiger charge is 2.30. The molecular formula is C13H25NO3. The molecule has 0 aliphatic heterocycles. The van der Waals surface area contributed by atoms with Gasteiger partial charge in [0.2, 0.25) is 5.91 Å². The normalized spacial score (nSPS) is 29.0. The first kappa shape index (κ1) is 14.5. The van der Waals surface area contributed by atoms with Crippen LogP contribution in [0.25, 0.3) is 0 Å². The lowest BCUT2D eigenvalue weighted by Gasteiger charge is -2.33. The molecule has 0 radical (unpaired) electrons. The quantitative estimate of drug-likeness (QED) is 0.653. The molecule has 0 heterocycles. The van der Waals surface area contributed by atoms with Gasteiger partial charge >= 0.3 is 0 Å². The molecule has 0 aromatic carbocycles. The second kappa shape index (κ2) is 7.67. The van der Waals surface area contributed by atoms with Crippen molar-refractivity contribution in [1.29, 1.82) is 0 Å². The van der Waals surface area contributed by atoms with Crippen molar-refractivity contribution in [2.45, 2.75) is 51.6 Å². The van der Waals surface area contributed by atoms with E-state index in [1.165, 1.54) is 12.8 Å². The van der Waals surface area contributed by atoms with Crippen molar-refractivity contribution in [3.63, 3.8) is 0 Å². The zero-order valence-corrected chi connectivity index (χ0v) is 10.7. The fourth-order valence-electron chi connectivity index (χ4n) is 2.74. The SMILES string of the molecule is CCCC1CCC(O)C(CC(=O)NCCO)C1. The molecule has 4 nitrogen and oxygen atoms in total. The van der Waals surface area contributed by atoms with Crippen molar-refractivity contribution < 1.29 is 15.0 Å². The molecule has 0 bridgehead atoms. The summed E-state index contributed by atoms with van der Waals surface area (Å²) in [5.41, 5.74) is 0. The van der Waals surface area contributed by atoms with Crippen LogP contribution in [0.4, 0.5) is 0 Å². The van der Waals surface area contributed by atoms with Crippen molar-refractivity contribution in [1.82, 2.24) is 5.32 Å². The molecule has 3 N–H and O–H groups in total. The number of nitrogens with one attached hydrogen (secondary N) is 1. The number of carbonyl (C=O) groups excluding carboxylic acids is 1. The summed E-state index contributed by atoms with van der Waals surface area (Å²) in [5.74, 6) is 0.707. The van der Waals surface area contributed by atoms with Crippen molar-refractivity contribution >= 4 is 5.91 Å². The summed E-state index contributed by atoms with van der Waals surface area (Å²) in [5, 5.41) is 21.2. The van der Waals surface area contributed by atoms with Crippen molar-refractivity contribution in [3.8, 4) is 0 Å². The highest BCUT2D eigenvalue weighted by Crippen LogP contribution is 2.33. The molecule has 0 saturated heterocycles. The van der Waals surface area contributed by atoms with E-state index in [-0.39, 0.29) is 24.5 Å². The molecule has 1 rings (SSSR count). The summed E-state index contributed by atoms with van der Waals surface area (Å²) in [6, 6.07) is 0. The zero-order valence-electron chi connectivity index (χ0n) is 10.7. The van der Waals surface area contributed by atoms with Gasteiger partial charge < -0.3 is 15.5 Å². The Kier molecular flexibility index (Phi) is 6.52. The van der Waals surface area contributed by atoms with Crippen molar-refractivity contribution in [2.75, 3.05) is 13.2 Å². The first-order valence-electron chi connectivity index (χ1n) is 6.73. The largest absolute Gasteiger partial charge is 0.395 e. The minimum absolute atomic E-state index is 0.0303. The Bertz CT molecular complexity index is 233. The van der Waals surface area contributed by atoms with E-state index < -0.39 is 0 Å². The molecule has 4 heteroatoms. The van der Waals surface area contributed by atoms with Crippen LogP contribution in [0.3, 0.4) is 0 Å². The molecule has 3 unspecified atom stereocenters. The maximum Gasteiger partial charge on any atom is 0.220 e. The molecule has 0 aromatic rings. The maximum atomic E-state index is 11.5. The topological polar surface area (TPSA) is 69.6 Å². The van der Waals surface area contributed by atoms with Gasteiger partial charge in [0.15, 0.2) is 0 Å². The molecule has 3 atom stereocenters. The summed E-state index contributed by atoms with van der Waals surface area (Å²) in [6.07, 6.45) is 5.30. The molecule has 1 aliphatic carbocycles. The molecule has 17 heavy (non-hydrogen) atoms. The highest BCUT2D eigenvalue weighted by atomic mass is 16.3. The molecule has 0 aromatic heterocycles. The van der Waals surface area contributed by atoms with Crippen LogP contribution in [0, 0.1) is 11.8 Å². The van der Waals surface area contributed by atoms with Crippen LogP contribution in [-0.4, -0.2) is 35.4 Å². The maximum absolute atomic E-state index is 11.5. The molecule has 100 valence electrons. The highest BCUT2D eigenvalue weighted by molar-refractivity contribution is 5.76. The van der Waals surface area contributed by atoms with Crippen molar-refractivity contribution in [2.24, 2.45) is 11.8 Å². The first-order chi connectivity index (χ1) is 8.17. The van der Waals surface area contributed by atoms with Gasteiger partial charge in [0.25, 0.3) is 0 Å². The number of aliphatic hydroxyl groups excluding tert-OH is 2. The van der Waals surface area contributed by atoms with E-state index >= 15 is 0 Å². The average molecular weight is 243 g/mol. The summed E-state index contributed by atoms with van der Waals surface area (Å²) < 4.78 is 0. The lowest BCUT2D eigenvalue weighted by molar-refractivity contribution is -0.123. The Hall–Kier alpha value is -0.610. The first-order valence-corrected chi connectivity index (χ1v) is 6.73. The number of carbonyl (C=O) groups is 1. The van der Waals surface area contributed by atoms with Gasteiger partial charge in [0.1, 0.15) is 0 Å². The molecule has 0 spiro atoms. The van der Waals surface area contributed by atoms with Crippen molar-refractivity contribution in [3.05, 3.63) is 0 Å². The second-order valence-corrected chi connectivity index (χ2v) is 5.07. The zero-order chi connectivity index (χ0) is 12.7. The molecule has 1 aliphatic rings. The van der Waals surface area contributed by atoms with Crippen LogP contribution in [0.5, 0.6) is 0 Å². The van der Waals surface area contributed by atoms with Crippen LogP contribution < -0.4 is 5.32 Å². The fourth-order valence-corrected chi connectivity index (χ4v) is 2.74. The molecular weight excluding hydrogens is 218 g/mol. The number of rotatable bonds is 6. The summed E-state index contributed by atoms with van der Waals surface area (Å²) >= 11 is 0. The third-order valence-corrected chi connectivity index (χ3v) is 3.63. The van der Waals surface area contributed by atoms with E-state index in [1.807, 2.05) is 0 Å². The third-order valence-electron chi connectivity index (χ3n) is 3.63. The van der Waals surface area contributed by atoms with Gasteiger partial charge in [-0.3, -0.25) is 4.79 Å². The van der Waals surface area contributed by atoms with Gasteiger partial charge in [0.05, 0.1) is 12.7 Å². The lowest BCUT2D eigenvalue weighted by Crippen LogP contribution is -2.35. The lowest BCUT2D eigenvalue weighted by atomic mass is 9.76.